The van der Waals surface area contributed by atoms with Crippen LogP contribution in [0, 0.1) is 5.92 Å². The van der Waals surface area contributed by atoms with Crippen LogP contribution in [0.15, 0.2) is 48.4 Å². The molecule has 1 N–H and O–H groups in total. The Bertz CT molecular complexity index is 662. The standard InChI is InChI=1S/C18H21F3N2O2/c1-12(10-23(11-15-4-5-15)13(2)14(3)24)22-16-6-8-17(9-7-16)25-18(19,20)21/h6-10,15,22H,2,4-5,11H2,1,3H3/b12-10+. The molecule has 0 aliphatic heterocycles. The summed E-state index contributed by atoms with van der Waals surface area (Å²) in [6.07, 6.45) is -0.630. The summed E-state index contributed by atoms with van der Waals surface area (Å²) in [7, 11) is 0. The minimum absolute atomic E-state index is 0.0987. The second kappa shape index (κ2) is 7.63. The van der Waals surface area contributed by atoms with E-state index in [0.29, 0.717) is 17.3 Å². The van der Waals surface area contributed by atoms with Gasteiger partial charge in [-0.05, 0) is 49.9 Å². The van der Waals surface area contributed by atoms with Crippen LogP contribution in [0.4, 0.5) is 18.9 Å². The Labute approximate surface area is 145 Å². The van der Waals surface area contributed by atoms with Gasteiger partial charge in [-0.1, -0.05) is 6.58 Å². The van der Waals surface area contributed by atoms with Crippen molar-refractivity contribution >= 4 is 11.5 Å². The summed E-state index contributed by atoms with van der Waals surface area (Å²) in [5, 5.41) is 3.08. The Morgan fingerprint density at radius 2 is 1.92 bits per heavy atom. The van der Waals surface area contributed by atoms with Crippen LogP contribution in [-0.4, -0.2) is 23.6 Å². The lowest BCUT2D eigenvalue weighted by Crippen LogP contribution is -2.24. The summed E-state index contributed by atoms with van der Waals surface area (Å²) in [6.45, 7) is 7.84. The van der Waals surface area contributed by atoms with Gasteiger partial charge in [-0.2, -0.15) is 0 Å². The summed E-state index contributed by atoms with van der Waals surface area (Å²) in [4.78, 5) is 13.4. The van der Waals surface area contributed by atoms with E-state index in [-0.39, 0.29) is 11.5 Å². The normalized spacial score (nSPS) is 14.8. The van der Waals surface area contributed by atoms with Crippen molar-refractivity contribution in [3.8, 4) is 5.75 Å². The van der Waals surface area contributed by atoms with Crippen molar-refractivity contribution in [1.29, 1.82) is 0 Å². The second-order valence-corrected chi connectivity index (χ2v) is 6.11. The van der Waals surface area contributed by atoms with E-state index >= 15 is 0 Å². The monoisotopic (exact) mass is 354 g/mol. The molecule has 0 radical (unpaired) electrons. The zero-order valence-electron chi connectivity index (χ0n) is 14.2. The van der Waals surface area contributed by atoms with Crippen LogP contribution in [0.5, 0.6) is 5.75 Å². The number of anilines is 1. The van der Waals surface area contributed by atoms with Crippen molar-refractivity contribution in [1.82, 2.24) is 4.90 Å². The Kier molecular flexibility index (Phi) is 5.77. The molecule has 1 saturated carbocycles. The number of nitrogens with zero attached hydrogens (tertiary/aromatic N) is 1. The number of ether oxygens (including phenoxy) is 1. The summed E-state index contributed by atoms with van der Waals surface area (Å²) < 4.78 is 40.3. The SMILES string of the molecule is C=C(C(C)=O)N(/C=C(\C)Nc1ccc(OC(F)(F)F)cc1)CC1CC1. The van der Waals surface area contributed by atoms with Gasteiger partial charge in [-0.15, -0.1) is 13.2 Å². The maximum absolute atomic E-state index is 12.2. The molecule has 1 aliphatic rings. The third kappa shape index (κ3) is 6.52. The number of hydrogen-bond donors (Lipinski definition) is 1. The van der Waals surface area contributed by atoms with E-state index in [1.165, 1.54) is 31.2 Å². The summed E-state index contributed by atoms with van der Waals surface area (Å²) in [5.74, 6) is 0.192. The van der Waals surface area contributed by atoms with Crippen molar-refractivity contribution in [3.05, 3.63) is 48.4 Å². The predicted molar refractivity (Wildman–Crippen MR) is 89.8 cm³/mol. The highest BCUT2D eigenvalue weighted by molar-refractivity contribution is 5.92. The van der Waals surface area contributed by atoms with Gasteiger partial charge >= 0.3 is 6.36 Å². The minimum Gasteiger partial charge on any atom is -0.406 e. The van der Waals surface area contributed by atoms with Gasteiger partial charge in [0.1, 0.15) is 5.75 Å². The Morgan fingerprint density at radius 3 is 2.40 bits per heavy atom. The van der Waals surface area contributed by atoms with Crippen LogP contribution in [0.25, 0.3) is 0 Å². The highest BCUT2D eigenvalue weighted by atomic mass is 19.4. The van der Waals surface area contributed by atoms with Crippen LogP contribution in [-0.2, 0) is 4.79 Å². The highest BCUT2D eigenvalue weighted by Gasteiger charge is 2.31. The molecule has 25 heavy (non-hydrogen) atoms. The van der Waals surface area contributed by atoms with E-state index in [2.05, 4.69) is 16.6 Å². The zero-order chi connectivity index (χ0) is 18.6. The number of ketones is 1. The predicted octanol–water partition coefficient (Wildman–Crippen LogP) is 4.67. The molecule has 0 spiro atoms. The fourth-order valence-electron chi connectivity index (χ4n) is 2.26. The van der Waals surface area contributed by atoms with Crippen LogP contribution >= 0.6 is 0 Å². The summed E-state index contributed by atoms with van der Waals surface area (Å²) >= 11 is 0. The van der Waals surface area contributed by atoms with Crippen LogP contribution < -0.4 is 10.1 Å². The molecule has 0 aromatic heterocycles. The highest BCUT2D eigenvalue weighted by Crippen LogP contribution is 2.31. The molecular weight excluding hydrogens is 333 g/mol. The number of benzene rings is 1. The van der Waals surface area contributed by atoms with Gasteiger partial charge in [-0.3, -0.25) is 4.79 Å². The first-order valence-electron chi connectivity index (χ1n) is 7.92. The molecule has 0 atom stereocenters. The number of nitrogens with one attached hydrogen (secondary N) is 1. The second-order valence-electron chi connectivity index (χ2n) is 6.11. The Balaban J connectivity index is 2.02. The molecule has 1 aromatic carbocycles. The Hall–Kier alpha value is -2.44. The summed E-state index contributed by atoms with van der Waals surface area (Å²) in [6, 6.07) is 5.45. The average Bonchev–Trinajstić information content (AvgIpc) is 3.30. The molecule has 1 aromatic rings. The molecule has 2 rings (SSSR count). The summed E-state index contributed by atoms with van der Waals surface area (Å²) in [5.41, 5.74) is 1.78. The number of carbonyl (C=O) groups excluding carboxylic acids is 1. The van der Waals surface area contributed by atoms with E-state index in [0.717, 1.165) is 25.1 Å². The number of allylic oxidation sites excluding steroid dienone is 2. The molecule has 0 saturated heterocycles. The fourth-order valence-corrected chi connectivity index (χ4v) is 2.26. The first-order chi connectivity index (χ1) is 11.6. The maximum Gasteiger partial charge on any atom is 0.573 e. The molecule has 0 heterocycles. The van der Waals surface area contributed by atoms with Crippen molar-refractivity contribution in [2.75, 3.05) is 11.9 Å². The quantitative estimate of drug-likeness (QED) is 0.689. The third-order valence-electron chi connectivity index (χ3n) is 3.68. The van der Waals surface area contributed by atoms with Crippen molar-refractivity contribution in [3.63, 3.8) is 0 Å². The first-order valence-corrected chi connectivity index (χ1v) is 7.92. The molecule has 1 fully saturated rings. The minimum atomic E-state index is -4.71. The molecule has 0 bridgehead atoms. The smallest absolute Gasteiger partial charge is 0.406 e. The maximum atomic E-state index is 12.2. The third-order valence-corrected chi connectivity index (χ3v) is 3.68. The van der Waals surface area contributed by atoms with E-state index < -0.39 is 6.36 Å². The number of hydrogen-bond acceptors (Lipinski definition) is 4. The molecular formula is C18H21F3N2O2. The van der Waals surface area contributed by atoms with Crippen molar-refractivity contribution < 1.29 is 22.7 Å². The number of alkyl halides is 3. The van der Waals surface area contributed by atoms with Crippen molar-refractivity contribution in [2.45, 2.75) is 33.1 Å². The largest absolute Gasteiger partial charge is 0.573 e. The lowest BCUT2D eigenvalue weighted by molar-refractivity contribution is -0.274. The molecule has 1 aliphatic carbocycles. The number of rotatable bonds is 8. The Morgan fingerprint density at radius 1 is 1.32 bits per heavy atom. The first kappa shape index (κ1) is 18.9. The van der Waals surface area contributed by atoms with Crippen LogP contribution in [0.2, 0.25) is 0 Å². The molecule has 7 heteroatoms. The van der Waals surface area contributed by atoms with Gasteiger partial charge < -0.3 is 15.0 Å². The number of Topliss-reactive ketones (excluding diaryl/α,β-unsaturated/α-hetero) is 1. The van der Waals surface area contributed by atoms with Gasteiger partial charge in [0.25, 0.3) is 0 Å². The van der Waals surface area contributed by atoms with Gasteiger partial charge in [-0.25, -0.2) is 0 Å². The average molecular weight is 354 g/mol. The van der Waals surface area contributed by atoms with Gasteiger partial charge in [0, 0.05) is 31.1 Å². The van der Waals surface area contributed by atoms with E-state index in [9.17, 15) is 18.0 Å². The lowest BCUT2D eigenvalue weighted by atomic mass is 10.2. The van der Waals surface area contributed by atoms with E-state index in [4.69, 9.17) is 0 Å². The topological polar surface area (TPSA) is 41.6 Å². The van der Waals surface area contributed by atoms with Crippen molar-refractivity contribution in [2.24, 2.45) is 5.92 Å². The van der Waals surface area contributed by atoms with E-state index in [1.807, 2.05) is 11.8 Å². The van der Waals surface area contributed by atoms with Crippen LogP contribution in [0.1, 0.15) is 26.7 Å². The molecule has 0 amide bonds. The number of halogens is 3. The number of carbonyl (C=O) groups is 1. The molecule has 0 unspecified atom stereocenters. The lowest BCUT2D eigenvalue weighted by Gasteiger charge is -2.22. The van der Waals surface area contributed by atoms with Gasteiger partial charge in [0.2, 0.25) is 0 Å². The van der Waals surface area contributed by atoms with Gasteiger partial charge in [0.15, 0.2) is 5.78 Å². The van der Waals surface area contributed by atoms with Gasteiger partial charge in [0.05, 0.1) is 5.70 Å². The fraction of sp³-hybridized carbons (Fsp3) is 0.389. The zero-order valence-corrected chi connectivity index (χ0v) is 14.2. The molecule has 4 nitrogen and oxygen atoms in total. The molecule has 136 valence electrons. The van der Waals surface area contributed by atoms with Crippen LogP contribution in [0.3, 0.4) is 0 Å². The van der Waals surface area contributed by atoms with E-state index in [1.54, 1.807) is 6.20 Å².